The lowest BCUT2D eigenvalue weighted by Crippen LogP contribution is -2.41. The van der Waals surface area contributed by atoms with E-state index in [9.17, 15) is 14.4 Å². The summed E-state index contributed by atoms with van der Waals surface area (Å²) < 4.78 is 3.25. The number of nitrogens with one attached hydrogen (secondary N) is 1. The summed E-state index contributed by atoms with van der Waals surface area (Å²) in [5.74, 6) is -0.494. The molecular formula is C22H17BrN4O3S. The van der Waals surface area contributed by atoms with E-state index in [1.54, 1.807) is 0 Å². The number of anilines is 1. The first-order valence-electron chi connectivity index (χ1n) is 9.35. The minimum Gasteiger partial charge on any atom is -0.300 e. The normalized spacial score (nSPS) is 10.7. The Morgan fingerprint density at radius 3 is 2.65 bits per heavy atom. The van der Waals surface area contributed by atoms with E-state index >= 15 is 0 Å². The van der Waals surface area contributed by atoms with Crippen LogP contribution in [0.25, 0.3) is 11.3 Å². The Morgan fingerprint density at radius 1 is 1.06 bits per heavy atom. The highest BCUT2D eigenvalue weighted by atomic mass is 79.9. The second-order valence-corrected chi connectivity index (χ2v) is 8.51. The van der Waals surface area contributed by atoms with Crippen molar-refractivity contribution in [2.45, 2.75) is 13.1 Å². The van der Waals surface area contributed by atoms with Crippen molar-refractivity contribution in [3.8, 4) is 11.3 Å². The van der Waals surface area contributed by atoms with Gasteiger partial charge in [-0.15, -0.1) is 11.3 Å². The van der Waals surface area contributed by atoms with E-state index in [0.29, 0.717) is 11.7 Å². The molecule has 9 heteroatoms. The number of halogens is 1. The molecule has 2 aromatic carbocycles. The van der Waals surface area contributed by atoms with Gasteiger partial charge in [0.15, 0.2) is 5.13 Å². The molecule has 0 aliphatic carbocycles. The van der Waals surface area contributed by atoms with E-state index in [-0.39, 0.29) is 6.54 Å². The fraction of sp³-hybridized carbons (Fsp3) is 0.0909. The molecule has 0 saturated carbocycles. The topological polar surface area (TPSA) is 86.0 Å². The Labute approximate surface area is 189 Å². The summed E-state index contributed by atoms with van der Waals surface area (Å²) in [6, 6.07) is 18.4. The fourth-order valence-corrected chi connectivity index (χ4v) is 4.15. The summed E-state index contributed by atoms with van der Waals surface area (Å²) in [5, 5.41) is 4.90. The average molecular weight is 497 g/mol. The summed E-state index contributed by atoms with van der Waals surface area (Å²) in [6.45, 7) is -0.0802. The number of thiazole rings is 1. The second-order valence-electron chi connectivity index (χ2n) is 6.73. The van der Waals surface area contributed by atoms with Gasteiger partial charge in [-0.2, -0.15) is 0 Å². The van der Waals surface area contributed by atoms with E-state index in [1.807, 2.05) is 60.0 Å². The number of carbonyl (C=O) groups is 1. The highest BCUT2D eigenvalue weighted by Crippen LogP contribution is 2.26. The third kappa shape index (κ3) is 5.07. The molecule has 0 bridgehead atoms. The largest absolute Gasteiger partial charge is 0.331 e. The predicted molar refractivity (Wildman–Crippen MR) is 124 cm³/mol. The van der Waals surface area contributed by atoms with Crippen LogP contribution >= 0.6 is 27.3 Å². The molecule has 2 heterocycles. The molecule has 0 saturated heterocycles. The molecule has 0 spiro atoms. The summed E-state index contributed by atoms with van der Waals surface area (Å²) in [7, 11) is 0. The van der Waals surface area contributed by atoms with Crippen molar-refractivity contribution < 1.29 is 4.79 Å². The lowest BCUT2D eigenvalue weighted by molar-refractivity contribution is -0.116. The first-order chi connectivity index (χ1) is 15.0. The molecule has 7 nitrogen and oxygen atoms in total. The molecule has 0 fully saturated rings. The van der Waals surface area contributed by atoms with E-state index in [2.05, 4.69) is 26.2 Å². The van der Waals surface area contributed by atoms with Crippen LogP contribution in [-0.2, 0) is 17.9 Å². The molecule has 0 aliphatic heterocycles. The van der Waals surface area contributed by atoms with Gasteiger partial charge in [0.2, 0.25) is 5.91 Å². The van der Waals surface area contributed by atoms with Crippen LogP contribution in [-0.4, -0.2) is 20.0 Å². The van der Waals surface area contributed by atoms with Crippen molar-refractivity contribution in [3.05, 3.63) is 103 Å². The zero-order chi connectivity index (χ0) is 21.8. The molecule has 0 unspecified atom stereocenters. The van der Waals surface area contributed by atoms with Crippen molar-refractivity contribution in [2.24, 2.45) is 0 Å². The maximum absolute atomic E-state index is 12.7. The third-order valence-corrected chi connectivity index (χ3v) is 5.76. The van der Waals surface area contributed by atoms with E-state index < -0.39 is 17.2 Å². The van der Waals surface area contributed by atoms with Crippen LogP contribution in [0.3, 0.4) is 0 Å². The predicted octanol–water partition coefficient (Wildman–Crippen LogP) is 3.58. The van der Waals surface area contributed by atoms with Gasteiger partial charge in [-0.25, -0.2) is 9.78 Å². The first kappa shape index (κ1) is 21.0. The molecule has 1 N–H and O–H groups in total. The van der Waals surface area contributed by atoms with Gasteiger partial charge in [-0.1, -0.05) is 58.4 Å². The maximum atomic E-state index is 12.7. The SMILES string of the molecule is O=C(Cn1c(=O)ccn(Cc2ccccc2)c1=O)Nc1nc(-c2cccc(Br)c2)cs1. The van der Waals surface area contributed by atoms with Crippen LogP contribution in [0.2, 0.25) is 0 Å². The Kier molecular flexibility index (Phi) is 6.24. The monoisotopic (exact) mass is 496 g/mol. The van der Waals surface area contributed by atoms with Gasteiger partial charge < -0.3 is 5.32 Å². The maximum Gasteiger partial charge on any atom is 0.331 e. The molecule has 31 heavy (non-hydrogen) atoms. The number of nitrogens with zero attached hydrogens (tertiary/aromatic N) is 3. The minimum absolute atomic E-state index is 0.310. The Balaban J connectivity index is 1.49. The Morgan fingerprint density at radius 2 is 1.87 bits per heavy atom. The van der Waals surface area contributed by atoms with Crippen molar-refractivity contribution in [2.75, 3.05) is 5.32 Å². The van der Waals surface area contributed by atoms with Crippen molar-refractivity contribution in [1.29, 1.82) is 0 Å². The smallest absolute Gasteiger partial charge is 0.300 e. The van der Waals surface area contributed by atoms with Crippen LogP contribution in [0, 0.1) is 0 Å². The molecule has 2 aromatic heterocycles. The van der Waals surface area contributed by atoms with Crippen LogP contribution in [0.4, 0.5) is 5.13 Å². The van der Waals surface area contributed by atoms with Crippen LogP contribution < -0.4 is 16.6 Å². The first-order valence-corrected chi connectivity index (χ1v) is 11.0. The molecule has 156 valence electrons. The second kappa shape index (κ2) is 9.23. The zero-order valence-electron chi connectivity index (χ0n) is 16.2. The third-order valence-electron chi connectivity index (χ3n) is 4.51. The minimum atomic E-state index is -0.541. The van der Waals surface area contributed by atoms with Gasteiger partial charge in [-0.05, 0) is 17.7 Å². The van der Waals surface area contributed by atoms with Crippen molar-refractivity contribution in [1.82, 2.24) is 14.1 Å². The highest BCUT2D eigenvalue weighted by molar-refractivity contribution is 9.10. The number of rotatable bonds is 6. The van der Waals surface area contributed by atoms with Crippen LogP contribution in [0.15, 0.2) is 86.3 Å². The quantitative estimate of drug-likeness (QED) is 0.441. The molecule has 1 amide bonds. The lowest BCUT2D eigenvalue weighted by atomic mass is 10.2. The van der Waals surface area contributed by atoms with Gasteiger partial charge in [0, 0.05) is 27.7 Å². The van der Waals surface area contributed by atoms with Gasteiger partial charge in [0.25, 0.3) is 5.56 Å². The molecule has 0 atom stereocenters. The highest BCUT2D eigenvalue weighted by Gasteiger charge is 2.13. The fourth-order valence-electron chi connectivity index (χ4n) is 3.02. The number of benzene rings is 2. The van der Waals surface area contributed by atoms with E-state index in [4.69, 9.17) is 0 Å². The summed E-state index contributed by atoms with van der Waals surface area (Å²) >= 11 is 4.70. The zero-order valence-corrected chi connectivity index (χ0v) is 18.6. The standard InChI is InChI=1S/C22H17BrN4O3S/c23-17-8-4-7-16(11-17)18-14-31-21(24-18)25-19(28)13-27-20(29)9-10-26(22(27)30)12-15-5-2-1-3-6-15/h1-11,14H,12-13H2,(H,24,25,28). The molecular weight excluding hydrogens is 480 g/mol. The van der Waals surface area contributed by atoms with E-state index in [0.717, 1.165) is 25.9 Å². The molecule has 4 aromatic rings. The van der Waals surface area contributed by atoms with Crippen LogP contribution in [0.1, 0.15) is 5.56 Å². The Hall–Kier alpha value is -3.30. The van der Waals surface area contributed by atoms with Crippen molar-refractivity contribution >= 4 is 38.3 Å². The van der Waals surface area contributed by atoms with Gasteiger partial charge >= 0.3 is 5.69 Å². The number of carbonyl (C=O) groups excluding carboxylic acids is 1. The van der Waals surface area contributed by atoms with E-state index in [1.165, 1.54) is 28.2 Å². The molecule has 0 radical (unpaired) electrons. The average Bonchev–Trinajstić information content (AvgIpc) is 3.22. The van der Waals surface area contributed by atoms with Gasteiger partial charge in [0.05, 0.1) is 12.2 Å². The van der Waals surface area contributed by atoms with Gasteiger partial charge in [0.1, 0.15) is 6.54 Å². The van der Waals surface area contributed by atoms with Gasteiger partial charge in [-0.3, -0.25) is 18.7 Å². The summed E-state index contributed by atoms with van der Waals surface area (Å²) in [6.07, 6.45) is 1.44. The molecule has 4 rings (SSSR count). The molecule has 0 aliphatic rings. The van der Waals surface area contributed by atoms with Crippen molar-refractivity contribution in [3.63, 3.8) is 0 Å². The number of hydrogen-bond acceptors (Lipinski definition) is 5. The number of aromatic nitrogens is 3. The Bertz CT molecular complexity index is 1340. The lowest BCUT2D eigenvalue weighted by Gasteiger charge is -2.09. The number of hydrogen-bond donors (Lipinski definition) is 1. The summed E-state index contributed by atoms with van der Waals surface area (Å²) in [5.41, 5.74) is 1.49. The number of amides is 1. The summed E-state index contributed by atoms with van der Waals surface area (Å²) in [4.78, 5) is 41.8. The van der Waals surface area contributed by atoms with Crippen LogP contribution in [0.5, 0.6) is 0 Å².